The number of aliphatic carboxylic acids is 1. The van der Waals surface area contributed by atoms with Gasteiger partial charge in [-0.1, -0.05) is 12.1 Å². The molecule has 0 radical (unpaired) electrons. The van der Waals surface area contributed by atoms with Gasteiger partial charge in [-0.25, -0.2) is 4.39 Å². The van der Waals surface area contributed by atoms with Gasteiger partial charge in [-0.3, -0.25) is 14.4 Å². The number of carboxylic acid groups (broad SMARTS) is 1. The number of carbonyl (C=O) groups is 3. The van der Waals surface area contributed by atoms with Crippen LogP contribution in [-0.2, 0) is 20.9 Å². The van der Waals surface area contributed by atoms with E-state index < -0.39 is 24.2 Å². The first-order valence-electron chi connectivity index (χ1n) is 6.86. The summed E-state index contributed by atoms with van der Waals surface area (Å²) in [6.45, 7) is -0.0956. The highest BCUT2D eigenvalue weighted by Gasteiger charge is 2.35. The lowest BCUT2D eigenvalue weighted by atomic mass is 10.1. The van der Waals surface area contributed by atoms with Gasteiger partial charge in [0.05, 0.1) is 5.92 Å². The van der Waals surface area contributed by atoms with Crippen LogP contribution >= 0.6 is 0 Å². The minimum atomic E-state index is -1.13. The van der Waals surface area contributed by atoms with Crippen molar-refractivity contribution >= 4 is 17.8 Å². The third kappa shape index (κ3) is 3.81. The SMILES string of the molecule is CN1CC(C(=O)N(CC(=O)O)Cc2ccc(F)cc2)CC1=O. The second-order valence-corrected chi connectivity index (χ2v) is 5.39. The van der Waals surface area contributed by atoms with Crippen LogP contribution in [0.3, 0.4) is 0 Å². The molecule has 0 aliphatic carbocycles. The Hall–Kier alpha value is -2.44. The van der Waals surface area contributed by atoms with Crippen LogP contribution in [0.5, 0.6) is 0 Å². The van der Waals surface area contributed by atoms with Gasteiger partial charge >= 0.3 is 5.97 Å². The highest BCUT2D eigenvalue weighted by atomic mass is 19.1. The summed E-state index contributed by atoms with van der Waals surface area (Å²) in [6, 6.07) is 5.52. The van der Waals surface area contributed by atoms with Gasteiger partial charge in [-0.05, 0) is 17.7 Å². The van der Waals surface area contributed by atoms with Gasteiger partial charge in [0.1, 0.15) is 12.4 Å². The number of carbonyl (C=O) groups excluding carboxylic acids is 2. The molecule has 1 aromatic carbocycles. The fraction of sp³-hybridized carbons (Fsp3) is 0.400. The molecule has 1 unspecified atom stereocenters. The van der Waals surface area contributed by atoms with E-state index in [9.17, 15) is 18.8 Å². The molecular weight excluding hydrogens is 291 g/mol. The van der Waals surface area contributed by atoms with E-state index in [4.69, 9.17) is 5.11 Å². The fourth-order valence-electron chi connectivity index (χ4n) is 2.47. The van der Waals surface area contributed by atoms with Crippen LogP contribution in [0, 0.1) is 11.7 Å². The maximum absolute atomic E-state index is 12.9. The predicted molar refractivity (Wildman–Crippen MR) is 75.2 cm³/mol. The van der Waals surface area contributed by atoms with Crippen molar-refractivity contribution in [1.29, 1.82) is 0 Å². The highest BCUT2D eigenvalue weighted by molar-refractivity contribution is 5.90. The molecule has 0 spiro atoms. The molecule has 1 atom stereocenters. The largest absolute Gasteiger partial charge is 0.480 e. The number of amides is 2. The first-order valence-corrected chi connectivity index (χ1v) is 6.86. The molecule has 7 heteroatoms. The van der Waals surface area contributed by atoms with Gasteiger partial charge in [0.15, 0.2) is 0 Å². The first-order chi connectivity index (χ1) is 10.4. The van der Waals surface area contributed by atoms with Crippen molar-refractivity contribution in [2.75, 3.05) is 20.1 Å². The van der Waals surface area contributed by atoms with Crippen molar-refractivity contribution in [2.45, 2.75) is 13.0 Å². The molecule has 1 N–H and O–H groups in total. The number of benzene rings is 1. The zero-order valence-electron chi connectivity index (χ0n) is 12.2. The molecule has 0 aromatic heterocycles. The lowest BCUT2D eigenvalue weighted by Gasteiger charge is -2.23. The molecule has 1 saturated heterocycles. The molecule has 2 amide bonds. The molecule has 1 aliphatic heterocycles. The second kappa shape index (κ2) is 6.55. The Morgan fingerprint density at radius 3 is 2.50 bits per heavy atom. The number of nitrogens with zero attached hydrogens (tertiary/aromatic N) is 2. The Labute approximate surface area is 127 Å². The number of hydrogen-bond donors (Lipinski definition) is 1. The van der Waals surface area contributed by atoms with Gasteiger partial charge in [-0.15, -0.1) is 0 Å². The highest BCUT2D eigenvalue weighted by Crippen LogP contribution is 2.20. The van der Waals surface area contributed by atoms with Crippen LogP contribution in [0.2, 0.25) is 0 Å². The topological polar surface area (TPSA) is 77.9 Å². The normalized spacial score (nSPS) is 17.6. The maximum Gasteiger partial charge on any atom is 0.323 e. The van der Waals surface area contributed by atoms with E-state index in [0.717, 1.165) is 0 Å². The smallest absolute Gasteiger partial charge is 0.323 e. The van der Waals surface area contributed by atoms with Crippen LogP contribution in [-0.4, -0.2) is 52.8 Å². The van der Waals surface area contributed by atoms with Gasteiger partial charge in [0, 0.05) is 26.6 Å². The monoisotopic (exact) mass is 308 g/mol. The molecule has 2 rings (SSSR count). The molecule has 22 heavy (non-hydrogen) atoms. The third-order valence-corrected chi connectivity index (χ3v) is 3.61. The minimum Gasteiger partial charge on any atom is -0.480 e. The average Bonchev–Trinajstić information content (AvgIpc) is 2.79. The van der Waals surface area contributed by atoms with Gasteiger partial charge < -0.3 is 14.9 Å². The fourth-order valence-corrected chi connectivity index (χ4v) is 2.47. The van der Waals surface area contributed by atoms with Crippen molar-refractivity contribution in [2.24, 2.45) is 5.92 Å². The summed E-state index contributed by atoms with van der Waals surface area (Å²) in [5.41, 5.74) is 0.633. The zero-order chi connectivity index (χ0) is 16.3. The van der Waals surface area contributed by atoms with E-state index in [-0.39, 0.29) is 31.3 Å². The Morgan fingerprint density at radius 2 is 2.00 bits per heavy atom. The number of hydrogen-bond acceptors (Lipinski definition) is 3. The molecule has 1 fully saturated rings. The number of carboxylic acids is 1. The summed E-state index contributed by atoms with van der Waals surface area (Å²) in [6.07, 6.45) is 0.0921. The minimum absolute atomic E-state index is 0.0693. The summed E-state index contributed by atoms with van der Waals surface area (Å²) >= 11 is 0. The Balaban J connectivity index is 2.11. The third-order valence-electron chi connectivity index (χ3n) is 3.61. The lowest BCUT2D eigenvalue weighted by molar-refractivity contribution is -0.146. The Kier molecular flexibility index (Phi) is 4.75. The average molecular weight is 308 g/mol. The van der Waals surface area contributed by atoms with Crippen molar-refractivity contribution in [3.63, 3.8) is 0 Å². The van der Waals surface area contributed by atoms with Crippen LogP contribution in [0.25, 0.3) is 0 Å². The molecular formula is C15H17FN2O4. The van der Waals surface area contributed by atoms with E-state index in [1.165, 1.54) is 34.1 Å². The quantitative estimate of drug-likeness (QED) is 0.869. The van der Waals surface area contributed by atoms with Crippen molar-refractivity contribution in [3.05, 3.63) is 35.6 Å². The van der Waals surface area contributed by atoms with Gasteiger partial charge in [0.2, 0.25) is 11.8 Å². The van der Waals surface area contributed by atoms with Crippen molar-refractivity contribution < 1.29 is 23.9 Å². The van der Waals surface area contributed by atoms with E-state index in [2.05, 4.69) is 0 Å². The zero-order valence-corrected chi connectivity index (χ0v) is 12.2. The molecule has 6 nitrogen and oxygen atoms in total. The first kappa shape index (κ1) is 15.9. The number of likely N-dealkylation sites (tertiary alicyclic amines) is 1. The Bertz CT molecular complexity index is 588. The maximum atomic E-state index is 12.9. The van der Waals surface area contributed by atoms with Crippen LogP contribution in [0.4, 0.5) is 4.39 Å². The van der Waals surface area contributed by atoms with Crippen LogP contribution in [0.15, 0.2) is 24.3 Å². The molecule has 0 bridgehead atoms. The van der Waals surface area contributed by atoms with Crippen molar-refractivity contribution in [1.82, 2.24) is 9.80 Å². The van der Waals surface area contributed by atoms with Crippen LogP contribution < -0.4 is 0 Å². The standard InChI is InChI=1S/C15H17FN2O4/c1-17-8-11(6-13(17)19)15(22)18(9-14(20)21)7-10-2-4-12(16)5-3-10/h2-5,11H,6-9H2,1H3,(H,20,21). The van der Waals surface area contributed by atoms with Crippen LogP contribution in [0.1, 0.15) is 12.0 Å². The molecule has 1 aliphatic rings. The summed E-state index contributed by atoms with van der Waals surface area (Å²) < 4.78 is 12.9. The summed E-state index contributed by atoms with van der Waals surface area (Å²) in [5, 5.41) is 8.97. The molecule has 1 aromatic rings. The number of halogens is 1. The number of rotatable bonds is 5. The molecule has 0 saturated carbocycles. The van der Waals surface area contributed by atoms with Gasteiger partial charge in [0.25, 0.3) is 0 Å². The predicted octanol–water partition coefficient (Wildman–Crippen LogP) is 0.717. The van der Waals surface area contributed by atoms with Gasteiger partial charge in [-0.2, -0.15) is 0 Å². The second-order valence-electron chi connectivity index (χ2n) is 5.39. The van der Waals surface area contributed by atoms with E-state index in [1.807, 2.05) is 0 Å². The van der Waals surface area contributed by atoms with E-state index >= 15 is 0 Å². The molecule has 1 heterocycles. The summed E-state index contributed by atoms with van der Waals surface area (Å²) in [4.78, 5) is 37.6. The summed E-state index contributed by atoms with van der Waals surface area (Å²) in [5.74, 6) is -2.56. The van der Waals surface area contributed by atoms with Crippen molar-refractivity contribution in [3.8, 4) is 0 Å². The summed E-state index contributed by atoms with van der Waals surface area (Å²) in [7, 11) is 1.61. The van der Waals surface area contributed by atoms with E-state index in [0.29, 0.717) is 5.56 Å². The lowest BCUT2D eigenvalue weighted by Crippen LogP contribution is -2.40. The molecule has 118 valence electrons. The van der Waals surface area contributed by atoms with E-state index in [1.54, 1.807) is 7.05 Å². The Morgan fingerprint density at radius 1 is 1.36 bits per heavy atom.